The number of furan rings is 1. The number of hydrogen-bond acceptors (Lipinski definition) is 4. The summed E-state index contributed by atoms with van der Waals surface area (Å²) in [6.45, 7) is 1.62. The first-order valence-electron chi connectivity index (χ1n) is 7.32. The molecule has 24 heavy (non-hydrogen) atoms. The summed E-state index contributed by atoms with van der Waals surface area (Å²) in [5, 5.41) is 5.63. The number of fused-ring (bicyclic) bond motifs is 1. The minimum Gasteiger partial charge on any atom is -0.484 e. The van der Waals surface area contributed by atoms with E-state index in [0.717, 1.165) is 11.0 Å². The third-order valence-electron chi connectivity index (χ3n) is 3.31. The van der Waals surface area contributed by atoms with Crippen LogP contribution in [0.15, 0.2) is 64.1 Å². The van der Waals surface area contributed by atoms with Gasteiger partial charge < -0.3 is 9.15 Å². The molecule has 0 saturated heterocycles. The van der Waals surface area contributed by atoms with E-state index in [-0.39, 0.29) is 12.5 Å². The van der Waals surface area contributed by atoms with E-state index < -0.39 is 0 Å². The molecular weight excluding hydrogens is 328 g/mol. The van der Waals surface area contributed by atoms with Crippen molar-refractivity contribution in [2.24, 2.45) is 5.10 Å². The van der Waals surface area contributed by atoms with Gasteiger partial charge in [0.25, 0.3) is 5.91 Å². The Morgan fingerprint density at radius 1 is 1.21 bits per heavy atom. The highest BCUT2D eigenvalue weighted by molar-refractivity contribution is 6.30. The van der Waals surface area contributed by atoms with Crippen LogP contribution in [0.3, 0.4) is 0 Å². The molecule has 0 aliphatic heterocycles. The van der Waals surface area contributed by atoms with Gasteiger partial charge in [-0.15, -0.1) is 0 Å². The largest absolute Gasteiger partial charge is 0.484 e. The molecule has 0 bridgehead atoms. The number of carbonyl (C=O) groups excluding carboxylic acids is 1. The molecule has 0 fully saturated rings. The molecule has 1 heterocycles. The predicted octanol–water partition coefficient (Wildman–Crippen LogP) is 4.01. The van der Waals surface area contributed by atoms with E-state index in [4.69, 9.17) is 20.8 Å². The van der Waals surface area contributed by atoms with Gasteiger partial charge >= 0.3 is 0 Å². The lowest BCUT2D eigenvalue weighted by molar-refractivity contribution is -0.123. The highest BCUT2D eigenvalue weighted by Gasteiger charge is 2.07. The fraction of sp³-hybridized carbons (Fsp3) is 0.111. The number of carbonyl (C=O) groups is 1. The van der Waals surface area contributed by atoms with Crippen LogP contribution in [0.1, 0.15) is 12.7 Å². The first-order chi connectivity index (χ1) is 11.6. The minimum atomic E-state index is -0.361. The molecule has 0 aliphatic rings. The number of amides is 1. The second-order valence-electron chi connectivity index (χ2n) is 5.12. The van der Waals surface area contributed by atoms with Gasteiger partial charge in [0, 0.05) is 10.4 Å². The van der Waals surface area contributed by atoms with Crippen LogP contribution in [0.5, 0.6) is 5.75 Å². The Kier molecular flexibility index (Phi) is 4.82. The Hall–Kier alpha value is -2.79. The number of benzene rings is 2. The van der Waals surface area contributed by atoms with Gasteiger partial charge in [-0.2, -0.15) is 5.10 Å². The molecule has 0 saturated carbocycles. The highest BCUT2D eigenvalue weighted by Crippen LogP contribution is 2.19. The Bertz CT molecular complexity index is 852. The molecule has 1 amide bonds. The third-order valence-corrected chi connectivity index (χ3v) is 3.57. The lowest BCUT2D eigenvalue weighted by atomic mass is 10.2. The zero-order valence-electron chi connectivity index (χ0n) is 13.0. The fourth-order valence-electron chi connectivity index (χ4n) is 2.07. The average Bonchev–Trinajstić information content (AvgIpc) is 3.03. The van der Waals surface area contributed by atoms with E-state index in [1.165, 1.54) is 0 Å². The van der Waals surface area contributed by atoms with Gasteiger partial charge in [-0.05, 0) is 43.3 Å². The van der Waals surface area contributed by atoms with Crippen molar-refractivity contribution in [3.63, 3.8) is 0 Å². The van der Waals surface area contributed by atoms with Gasteiger partial charge in [-0.1, -0.05) is 29.8 Å². The molecule has 0 radical (unpaired) electrons. The molecule has 0 spiro atoms. The summed E-state index contributed by atoms with van der Waals surface area (Å²) in [4.78, 5) is 11.8. The van der Waals surface area contributed by atoms with E-state index in [1.807, 2.05) is 30.3 Å². The molecule has 0 atom stereocenters. The van der Waals surface area contributed by atoms with E-state index >= 15 is 0 Å². The Balaban J connectivity index is 1.57. The summed E-state index contributed by atoms with van der Waals surface area (Å²) in [6.07, 6.45) is 0. The maximum Gasteiger partial charge on any atom is 0.277 e. The van der Waals surface area contributed by atoms with Crippen LogP contribution in [-0.4, -0.2) is 18.2 Å². The summed E-state index contributed by atoms with van der Waals surface area (Å²) in [5.74, 6) is 0.808. The number of nitrogens with zero attached hydrogens (tertiary/aromatic N) is 1. The number of para-hydroxylation sites is 1. The SMILES string of the molecule is CC(=NNC(=O)COc1ccc(Cl)cc1)c1cc2ccccc2o1. The van der Waals surface area contributed by atoms with Gasteiger partial charge in [0.15, 0.2) is 12.4 Å². The molecular formula is C18H15ClN2O3. The summed E-state index contributed by atoms with van der Waals surface area (Å²) < 4.78 is 11.0. The molecule has 3 aromatic rings. The molecule has 1 aromatic heterocycles. The average molecular weight is 343 g/mol. The van der Waals surface area contributed by atoms with Crippen molar-refractivity contribution in [3.8, 4) is 5.75 Å². The number of rotatable bonds is 5. The van der Waals surface area contributed by atoms with Gasteiger partial charge in [0.05, 0.1) is 0 Å². The molecule has 6 heteroatoms. The fourth-order valence-corrected chi connectivity index (χ4v) is 2.20. The molecule has 1 N–H and O–H groups in total. The van der Waals surface area contributed by atoms with E-state index in [1.54, 1.807) is 31.2 Å². The van der Waals surface area contributed by atoms with Crippen LogP contribution < -0.4 is 10.2 Å². The zero-order valence-corrected chi connectivity index (χ0v) is 13.7. The second kappa shape index (κ2) is 7.19. The van der Waals surface area contributed by atoms with Crippen molar-refractivity contribution < 1.29 is 13.9 Å². The quantitative estimate of drug-likeness (QED) is 0.563. The number of ether oxygens (including phenoxy) is 1. The number of hydrogen-bond donors (Lipinski definition) is 1. The van der Waals surface area contributed by atoms with Crippen molar-refractivity contribution in [1.82, 2.24) is 5.43 Å². The number of halogens is 1. The second-order valence-corrected chi connectivity index (χ2v) is 5.56. The highest BCUT2D eigenvalue weighted by atomic mass is 35.5. The molecule has 3 rings (SSSR count). The standard InChI is InChI=1S/C18H15ClN2O3/c1-12(17-10-13-4-2-3-5-16(13)24-17)20-21-18(22)11-23-15-8-6-14(19)7-9-15/h2-10H,11H2,1H3,(H,21,22). The van der Waals surface area contributed by atoms with E-state index in [0.29, 0.717) is 22.2 Å². The van der Waals surface area contributed by atoms with Crippen LogP contribution in [0.25, 0.3) is 11.0 Å². The van der Waals surface area contributed by atoms with E-state index in [9.17, 15) is 4.79 Å². The molecule has 0 unspecified atom stereocenters. The van der Waals surface area contributed by atoms with Crippen molar-refractivity contribution >= 4 is 34.2 Å². The van der Waals surface area contributed by atoms with Crippen molar-refractivity contribution in [2.75, 3.05) is 6.61 Å². The minimum absolute atomic E-state index is 0.140. The van der Waals surface area contributed by atoms with Crippen LogP contribution in [0, 0.1) is 0 Å². The Morgan fingerprint density at radius 3 is 2.71 bits per heavy atom. The van der Waals surface area contributed by atoms with Gasteiger partial charge in [0.2, 0.25) is 0 Å². The van der Waals surface area contributed by atoms with Gasteiger partial charge in [0.1, 0.15) is 17.0 Å². The van der Waals surface area contributed by atoms with Crippen LogP contribution in [-0.2, 0) is 4.79 Å². The van der Waals surface area contributed by atoms with Crippen molar-refractivity contribution in [1.29, 1.82) is 0 Å². The summed E-state index contributed by atoms with van der Waals surface area (Å²) in [6, 6.07) is 16.3. The maximum atomic E-state index is 11.8. The Labute approximate surface area is 143 Å². The van der Waals surface area contributed by atoms with Gasteiger partial charge in [-0.25, -0.2) is 5.43 Å². The van der Waals surface area contributed by atoms with Crippen LogP contribution >= 0.6 is 11.6 Å². The number of nitrogens with one attached hydrogen (secondary N) is 1. The van der Waals surface area contributed by atoms with Crippen LogP contribution in [0.2, 0.25) is 5.02 Å². The van der Waals surface area contributed by atoms with Crippen LogP contribution in [0.4, 0.5) is 0 Å². The first kappa shape index (κ1) is 16.1. The lowest BCUT2D eigenvalue weighted by Gasteiger charge is -2.05. The zero-order chi connectivity index (χ0) is 16.9. The van der Waals surface area contributed by atoms with Gasteiger partial charge in [-0.3, -0.25) is 4.79 Å². The third kappa shape index (κ3) is 3.94. The maximum absolute atomic E-state index is 11.8. The lowest BCUT2D eigenvalue weighted by Crippen LogP contribution is -2.25. The predicted molar refractivity (Wildman–Crippen MR) is 93.5 cm³/mol. The smallest absolute Gasteiger partial charge is 0.277 e. The Morgan fingerprint density at radius 2 is 1.96 bits per heavy atom. The first-order valence-corrected chi connectivity index (χ1v) is 7.70. The summed E-state index contributed by atoms with van der Waals surface area (Å²) in [5.41, 5.74) is 3.80. The van der Waals surface area contributed by atoms with E-state index in [2.05, 4.69) is 10.5 Å². The monoisotopic (exact) mass is 342 g/mol. The van der Waals surface area contributed by atoms with Crippen molar-refractivity contribution in [2.45, 2.75) is 6.92 Å². The molecule has 0 aliphatic carbocycles. The normalized spacial score (nSPS) is 11.5. The molecule has 122 valence electrons. The topological polar surface area (TPSA) is 63.8 Å². The molecule has 5 nitrogen and oxygen atoms in total. The molecule has 2 aromatic carbocycles. The number of hydrazone groups is 1. The van der Waals surface area contributed by atoms with Crippen molar-refractivity contribution in [3.05, 3.63) is 65.4 Å². The summed E-state index contributed by atoms with van der Waals surface area (Å²) in [7, 11) is 0. The summed E-state index contributed by atoms with van der Waals surface area (Å²) >= 11 is 5.78.